The van der Waals surface area contributed by atoms with E-state index in [-0.39, 0.29) is 35.5 Å². The van der Waals surface area contributed by atoms with Crippen molar-refractivity contribution in [2.24, 2.45) is 14.1 Å². The smallest absolute Gasteiger partial charge is 0.332 e. The molecule has 3 aromatic rings. The van der Waals surface area contributed by atoms with Gasteiger partial charge in [-0.25, -0.2) is 14.2 Å². The Bertz CT molecular complexity index is 1090. The van der Waals surface area contributed by atoms with Gasteiger partial charge in [0.2, 0.25) is 5.91 Å². The lowest BCUT2D eigenvalue weighted by Gasteiger charge is -2.15. The summed E-state index contributed by atoms with van der Waals surface area (Å²) in [7, 11) is 2.89. The molecule has 0 aliphatic rings. The standard InChI is InChI=1S/C17H18FN5O3/c1-10(11-4-6-12(18)7-5-11)20-13(24)8-23-9-19-15-14(23)16(25)22(3)17(26)21(15)2/h4-7,9-10H,8H2,1-3H3,(H,20,24). The van der Waals surface area contributed by atoms with Gasteiger partial charge in [0.1, 0.15) is 12.4 Å². The Hall–Kier alpha value is -3.23. The number of imidazole rings is 1. The number of carbonyl (C=O) groups excluding carboxylic acids is 1. The number of amides is 1. The molecule has 1 N–H and O–H groups in total. The lowest BCUT2D eigenvalue weighted by Crippen LogP contribution is -2.38. The minimum atomic E-state index is -0.514. The van der Waals surface area contributed by atoms with E-state index < -0.39 is 11.2 Å². The van der Waals surface area contributed by atoms with Crippen molar-refractivity contribution in [3.63, 3.8) is 0 Å². The van der Waals surface area contributed by atoms with Crippen LogP contribution in [-0.2, 0) is 25.4 Å². The van der Waals surface area contributed by atoms with Crippen LogP contribution in [0.3, 0.4) is 0 Å². The first kappa shape index (κ1) is 17.6. The van der Waals surface area contributed by atoms with E-state index in [4.69, 9.17) is 0 Å². The Morgan fingerprint density at radius 1 is 1.19 bits per heavy atom. The van der Waals surface area contributed by atoms with E-state index >= 15 is 0 Å². The molecule has 1 aromatic carbocycles. The van der Waals surface area contributed by atoms with Crippen molar-refractivity contribution in [3.05, 3.63) is 62.8 Å². The summed E-state index contributed by atoms with van der Waals surface area (Å²) in [5, 5.41) is 2.79. The highest BCUT2D eigenvalue weighted by Gasteiger charge is 2.17. The number of carbonyl (C=O) groups is 1. The number of rotatable bonds is 4. The molecule has 26 heavy (non-hydrogen) atoms. The predicted octanol–water partition coefficient (Wildman–Crippen LogP) is 0.450. The molecule has 0 aliphatic carbocycles. The van der Waals surface area contributed by atoms with Gasteiger partial charge in [-0.3, -0.25) is 18.7 Å². The molecule has 9 heteroatoms. The highest BCUT2D eigenvalue weighted by Crippen LogP contribution is 2.13. The molecule has 1 amide bonds. The molecule has 0 radical (unpaired) electrons. The molecule has 0 bridgehead atoms. The number of aryl methyl sites for hydroxylation is 1. The number of nitrogens with one attached hydrogen (secondary N) is 1. The number of benzene rings is 1. The third kappa shape index (κ3) is 3.03. The average molecular weight is 359 g/mol. The predicted molar refractivity (Wildman–Crippen MR) is 93.2 cm³/mol. The van der Waals surface area contributed by atoms with Gasteiger partial charge < -0.3 is 9.88 Å². The van der Waals surface area contributed by atoms with Crippen molar-refractivity contribution in [2.75, 3.05) is 0 Å². The van der Waals surface area contributed by atoms with Crippen molar-refractivity contribution in [1.29, 1.82) is 0 Å². The van der Waals surface area contributed by atoms with Crippen molar-refractivity contribution in [1.82, 2.24) is 24.0 Å². The maximum absolute atomic E-state index is 13.0. The molecule has 2 heterocycles. The topological polar surface area (TPSA) is 90.9 Å². The molecule has 0 fully saturated rings. The molecule has 2 aromatic heterocycles. The summed E-state index contributed by atoms with van der Waals surface area (Å²) in [5.41, 5.74) is 0.160. The summed E-state index contributed by atoms with van der Waals surface area (Å²) in [4.78, 5) is 40.7. The highest BCUT2D eigenvalue weighted by atomic mass is 19.1. The number of nitrogens with zero attached hydrogens (tertiary/aromatic N) is 4. The fraction of sp³-hybridized carbons (Fsp3) is 0.294. The summed E-state index contributed by atoms with van der Waals surface area (Å²) in [6, 6.07) is 5.51. The molecule has 136 valence electrons. The Kier molecular flexibility index (Phi) is 4.45. The van der Waals surface area contributed by atoms with Crippen LogP contribution in [0.4, 0.5) is 4.39 Å². The zero-order valence-corrected chi connectivity index (χ0v) is 14.6. The monoisotopic (exact) mass is 359 g/mol. The van der Waals surface area contributed by atoms with Crippen molar-refractivity contribution < 1.29 is 9.18 Å². The van der Waals surface area contributed by atoms with Crippen LogP contribution in [0.1, 0.15) is 18.5 Å². The maximum atomic E-state index is 13.0. The molecule has 1 atom stereocenters. The Labute approximate surface area is 147 Å². The third-order valence-corrected chi connectivity index (χ3v) is 4.28. The van der Waals surface area contributed by atoms with E-state index in [1.807, 2.05) is 0 Å². The molecule has 0 spiro atoms. The summed E-state index contributed by atoms with van der Waals surface area (Å²) in [5.74, 6) is -0.685. The van der Waals surface area contributed by atoms with Gasteiger partial charge in [-0.1, -0.05) is 12.1 Å². The Morgan fingerprint density at radius 2 is 1.85 bits per heavy atom. The summed E-state index contributed by atoms with van der Waals surface area (Å²) in [6.07, 6.45) is 1.35. The zero-order chi connectivity index (χ0) is 19.0. The summed E-state index contributed by atoms with van der Waals surface area (Å²) in [6.45, 7) is 1.65. The van der Waals surface area contributed by atoms with Crippen LogP contribution in [0.2, 0.25) is 0 Å². The van der Waals surface area contributed by atoms with Gasteiger partial charge in [-0.15, -0.1) is 0 Å². The van der Waals surface area contributed by atoms with Gasteiger partial charge in [0.25, 0.3) is 5.56 Å². The first-order chi connectivity index (χ1) is 12.3. The van der Waals surface area contributed by atoms with Crippen LogP contribution in [0.15, 0.2) is 40.2 Å². The van der Waals surface area contributed by atoms with E-state index in [0.717, 1.165) is 10.1 Å². The number of fused-ring (bicyclic) bond motifs is 1. The second-order valence-electron chi connectivity index (χ2n) is 6.09. The largest absolute Gasteiger partial charge is 0.348 e. The van der Waals surface area contributed by atoms with Gasteiger partial charge in [-0.05, 0) is 24.6 Å². The average Bonchev–Trinajstić information content (AvgIpc) is 3.02. The van der Waals surface area contributed by atoms with Gasteiger partial charge in [-0.2, -0.15) is 0 Å². The minimum absolute atomic E-state index is 0.129. The number of hydrogen-bond donors (Lipinski definition) is 1. The van der Waals surface area contributed by atoms with Crippen molar-refractivity contribution in [3.8, 4) is 0 Å². The van der Waals surface area contributed by atoms with E-state index in [9.17, 15) is 18.8 Å². The summed E-state index contributed by atoms with van der Waals surface area (Å²) < 4.78 is 16.6. The van der Waals surface area contributed by atoms with Gasteiger partial charge >= 0.3 is 5.69 Å². The van der Waals surface area contributed by atoms with Crippen LogP contribution in [0.5, 0.6) is 0 Å². The van der Waals surface area contributed by atoms with Gasteiger partial charge in [0.05, 0.1) is 12.4 Å². The molecular formula is C17H18FN5O3. The fourth-order valence-electron chi connectivity index (χ4n) is 2.79. The van der Waals surface area contributed by atoms with Crippen LogP contribution in [-0.4, -0.2) is 24.6 Å². The molecule has 0 saturated heterocycles. The van der Waals surface area contributed by atoms with Crippen molar-refractivity contribution in [2.45, 2.75) is 19.5 Å². The SMILES string of the molecule is CC(NC(=O)Cn1cnc2c1c(=O)n(C)c(=O)n2C)c1ccc(F)cc1. The molecule has 8 nitrogen and oxygen atoms in total. The van der Waals surface area contributed by atoms with Crippen LogP contribution >= 0.6 is 0 Å². The van der Waals surface area contributed by atoms with Crippen LogP contribution < -0.4 is 16.6 Å². The van der Waals surface area contributed by atoms with E-state index in [1.165, 1.54) is 41.7 Å². The molecule has 0 saturated carbocycles. The molecular weight excluding hydrogens is 341 g/mol. The fourth-order valence-corrected chi connectivity index (χ4v) is 2.79. The minimum Gasteiger partial charge on any atom is -0.348 e. The van der Waals surface area contributed by atoms with Crippen molar-refractivity contribution >= 4 is 17.1 Å². The van der Waals surface area contributed by atoms with E-state index in [1.54, 1.807) is 19.1 Å². The highest BCUT2D eigenvalue weighted by molar-refractivity contribution is 5.79. The Balaban J connectivity index is 1.85. The normalized spacial score (nSPS) is 12.3. The number of hydrogen-bond acceptors (Lipinski definition) is 4. The Morgan fingerprint density at radius 3 is 2.50 bits per heavy atom. The molecule has 3 rings (SSSR count). The van der Waals surface area contributed by atoms with Crippen LogP contribution in [0, 0.1) is 5.82 Å². The van der Waals surface area contributed by atoms with Gasteiger partial charge in [0, 0.05) is 14.1 Å². The molecule has 1 unspecified atom stereocenters. The van der Waals surface area contributed by atoms with Gasteiger partial charge in [0.15, 0.2) is 11.2 Å². The lowest BCUT2D eigenvalue weighted by molar-refractivity contribution is -0.122. The molecule has 0 aliphatic heterocycles. The maximum Gasteiger partial charge on any atom is 0.332 e. The quantitative estimate of drug-likeness (QED) is 0.732. The second kappa shape index (κ2) is 6.58. The number of aromatic nitrogens is 4. The summed E-state index contributed by atoms with van der Waals surface area (Å²) >= 11 is 0. The van der Waals surface area contributed by atoms with Crippen LogP contribution in [0.25, 0.3) is 11.2 Å². The lowest BCUT2D eigenvalue weighted by atomic mass is 10.1. The first-order valence-electron chi connectivity index (χ1n) is 7.95. The van der Waals surface area contributed by atoms with E-state index in [2.05, 4.69) is 10.3 Å². The second-order valence-corrected chi connectivity index (χ2v) is 6.09. The van der Waals surface area contributed by atoms with E-state index in [0.29, 0.717) is 0 Å². The number of halogens is 1. The first-order valence-corrected chi connectivity index (χ1v) is 7.95. The zero-order valence-electron chi connectivity index (χ0n) is 14.6. The third-order valence-electron chi connectivity index (χ3n) is 4.28.